The van der Waals surface area contributed by atoms with Crippen LogP contribution in [0.4, 0.5) is 0 Å². The number of hydrogen-bond acceptors (Lipinski definition) is 3. The minimum Gasteiger partial charge on any atom is -0.347 e. The van der Waals surface area contributed by atoms with Crippen molar-refractivity contribution < 1.29 is 4.79 Å². The van der Waals surface area contributed by atoms with E-state index in [0.717, 1.165) is 5.75 Å². The Balaban J connectivity index is 2.05. The molecule has 0 saturated heterocycles. The molecule has 0 bridgehead atoms. The van der Waals surface area contributed by atoms with Crippen LogP contribution in [0.1, 0.15) is 18.5 Å². The molecule has 2 rings (SSSR count). The number of carbonyl (C=O) groups is 1. The van der Waals surface area contributed by atoms with Gasteiger partial charge in [0.15, 0.2) is 0 Å². The lowest BCUT2D eigenvalue weighted by atomic mass is 10.1. The van der Waals surface area contributed by atoms with Gasteiger partial charge in [-0.15, -0.1) is 11.8 Å². The van der Waals surface area contributed by atoms with Crippen LogP contribution in [0.25, 0.3) is 0 Å². The largest absolute Gasteiger partial charge is 0.347 e. The molecule has 17 heavy (non-hydrogen) atoms. The van der Waals surface area contributed by atoms with Crippen LogP contribution in [-0.2, 0) is 4.79 Å². The molecule has 0 saturated carbocycles. The Morgan fingerprint density at radius 3 is 2.88 bits per heavy atom. The first kappa shape index (κ1) is 12.5. The molecular weight excluding hydrogens is 232 g/mol. The Bertz CT molecular complexity index is 420. The zero-order valence-electron chi connectivity index (χ0n) is 10.4. The third-order valence-electron chi connectivity index (χ3n) is 2.96. The predicted octanol–water partition coefficient (Wildman–Crippen LogP) is 1.90. The monoisotopic (exact) mass is 250 g/mol. The molecule has 1 aromatic rings. The van der Waals surface area contributed by atoms with Gasteiger partial charge in [0.25, 0.3) is 0 Å². The lowest BCUT2D eigenvalue weighted by Crippen LogP contribution is -2.43. The Morgan fingerprint density at radius 1 is 1.47 bits per heavy atom. The number of likely N-dealkylation sites (N-methyl/N-ethyl adjacent to an activating group) is 1. The van der Waals surface area contributed by atoms with Crippen molar-refractivity contribution in [3.05, 3.63) is 29.8 Å². The lowest BCUT2D eigenvalue weighted by molar-refractivity contribution is -0.130. The standard InChI is InChI=1S/C13H18N2OS/c1-9(13(16)15(2)3)14-11-8-17-12-7-5-4-6-10(11)12/h4-7,9,11,14H,8H2,1-3H3. The first-order valence-electron chi connectivity index (χ1n) is 5.78. The second kappa shape index (κ2) is 5.10. The van der Waals surface area contributed by atoms with Crippen LogP contribution in [0.15, 0.2) is 29.2 Å². The summed E-state index contributed by atoms with van der Waals surface area (Å²) in [7, 11) is 3.58. The summed E-state index contributed by atoms with van der Waals surface area (Å²) in [5.41, 5.74) is 1.32. The van der Waals surface area contributed by atoms with Crippen LogP contribution in [-0.4, -0.2) is 36.7 Å². The summed E-state index contributed by atoms with van der Waals surface area (Å²) in [6.45, 7) is 1.92. The molecule has 1 heterocycles. The number of carbonyl (C=O) groups excluding carboxylic acids is 1. The fourth-order valence-corrected chi connectivity index (χ4v) is 3.23. The third-order valence-corrected chi connectivity index (χ3v) is 4.15. The average molecular weight is 250 g/mol. The van der Waals surface area contributed by atoms with Gasteiger partial charge in [-0.25, -0.2) is 0 Å². The summed E-state index contributed by atoms with van der Waals surface area (Å²) < 4.78 is 0. The minimum atomic E-state index is -0.137. The first-order valence-corrected chi connectivity index (χ1v) is 6.77. The van der Waals surface area contributed by atoms with Crippen molar-refractivity contribution in [3.8, 4) is 0 Å². The lowest BCUT2D eigenvalue weighted by Gasteiger charge is -2.22. The molecule has 1 aliphatic rings. The number of thioether (sulfide) groups is 1. The molecule has 1 amide bonds. The van der Waals surface area contributed by atoms with Gasteiger partial charge in [0, 0.05) is 30.8 Å². The van der Waals surface area contributed by atoms with E-state index >= 15 is 0 Å². The van der Waals surface area contributed by atoms with Gasteiger partial charge in [-0.05, 0) is 18.6 Å². The van der Waals surface area contributed by atoms with Crippen LogP contribution in [0.2, 0.25) is 0 Å². The normalized spacial score (nSPS) is 19.8. The van der Waals surface area contributed by atoms with Crippen molar-refractivity contribution in [3.63, 3.8) is 0 Å². The zero-order chi connectivity index (χ0) is 12.4. The molecule has 0 spiro atoms. The van der Waals surface area contributed by atoms with E-state index in [4.69, 9.17) is 0 Å². The highest BCUT2D eigenvalue weighted by atomic mass is 32.2. The van der Waals surface area contributed by atoms with Crippen LogP contribution < -0.4 is 5.32 Å². The topological polar surface area (TPSA) is 32.3 Å². The molecule has 0 fully saturated rings. The van der Waals surface area contributed by atoms with Gasteiger partial charge in [0.05, 0.1) is 6.04 Å². The van der Waals surface area contributed by atoms with Gasteiger partial charge in [0.1, 0.15) is 0 Å². The van der Waals surface area contributed by atoms with Gasteiger partial charge in [-0.1, -0.05) is 18.2 Å². The smallest absolute Gasteiger partial charge is 0.238 e. The Hall–Kier alpha value is -1.00. The molecule has 1 aliphatic heterocycles. The van der Waals surface area contributed by atoms with Gasteiger partial charge in [-0.3, -0.25) is 10.1 Å². The number of nitrogens with one attached hydrogen (secondary N) is 1. The van der Waals surface area contributed by atoms with Crippen molar-refractivity contribution in [2.24, 2.45) is 0 Å². The molecule has 0 aliphatic carbocycles. The van der Waals surface area contributed by atoms with Crippen molar-refractivity contribution in [1.29, 1.82) is 0 Å². The van der Waals surface area contributed by atoms with E-state index in [1.54, 1.807) is 19.0 Å². The zero-order valence-corrected chi connectivity index (χ0v) is 11.3. The number of nitrogens with zero attached hydrogens (tertiary/aromatic N) is 1. The molecule has 1 N–H and O–H groups in total. The van der Waals surface area contributed by atoms with Crippen LogP contribution >= 0.6 is 11.8 Å². The Labute approximate surface area is 107 Å². The van der Waals surface area contributed by atoms with Crippen LogP contribution in [0.5, 0.6) is 0 Å². The van der Waals surface area contributed by atoms with E-state index in [1.807, 2.05) is 18.7 Å². The number of rotatable bonds is 3. The van der Waals surface area contributed by atoms with Gasteiger partial charge >= 0.3 is 0 Å². The molecule has 1 aromatic carbocycles. The molecule has 92 valence electrons. The number of benzene rings is 1. The summed E-state index contributed by atoms with van der Waals surface area (Å²) in [5, 5.41) is 3.40. The summed E-state index contributed by atoms with van der Waals surface area (Å²) >= 11 is 1.85. The van der Waals surface area contributed by atoms with Gasteiger partial charge in [0.2, 0.25) is 5.91 Å². The molecule has 0 radical (unpaired) electrons. The van der Waals surface area contributed by atoms with Crippen LogP contribution in [0.3, 0.4) is 0 Å². The van der Waals surface area contributed by atoms with Crippen molar-refractivity contribution in [2.45, 2.75) is 23.9 Å². The highest BCUT2D eigenvalue weighted by Crippen LogP contribution is 2.37. The van der Waals surface area contributed by atoms with E-state index < -0.39 is 0 Å². The molecule has 2 unspecified atom stereocenters. The summed E-state index contributed by atoms with van der Waals surface area (Å²) in [5.74, 6) is 1.13. The molecule has 3 nitrogen and oxygen atoms in total. The van der Waals surface area contributed by atoms with Crippen molar-refractivity contribution >= 4 is 17.7 Å². The van der Waals surface area contributed by atoms with E-state index in [2.05, 4.69) is 29.6 Å². The number of hydrogen-bond donors (Lipinski definition) is 1. The third kappa shape index (κ3) is 2.64. The van der Waals surface area contributed by atoms with Crippen molar-refractivity contribution in [1.82, 2.24) is 10.2 Å². The van der Waals surface area contributed by atoms with Crippen molar-refractivity contribution in [2.75, 3.05) is 19.8 Å². The fraction of sp³-hybridized carbons (Fsp3) is 0.462. The summed E-state index contributed by atoms with van der Waals surface area (Å²) in [6, 6.07) is 8.54. The quantitative estimate of drug-likeness (QED) is 0.889. The maximum Gasteiger partial charge on any atom is 0.238 e. The van der Waals surface area contributed by atoms with E-state index in [-0.39, 0.29) is 18.0 Å². The van der Waals surface area contributed by atoms with E-state index in [1.165, 1.54) is 10.5 Å². The van der Waals surface area contributed by atoms with Crippen LogP contribution in [0, 0.1) is 0 Å². The number of amides is 1. The Kier molecular flexibility index (Phi) is 3.74. The van der Waals surface area contributed by atoms with Gasteiger partial charge < -0.3 is 4.90 Å². The molecule has 2 atom stereocenters. The second-order valence-electron chi connectivity index (χ2n) is 4.52. The highest BCUT2D eigenvalue weighted by molar-refractivity contribution is 7.99. The number of fused-ring (bicyclic) bond motifs is 1. The summed E-state index contributed by atoms with van der Waals surface area (Å²) in [4.78, 5) is 14.8. The predicted molar refractivity (Wildman–Crippen MR) is 71.2 cm³/mol. The summed E-state index contributed by atoms with van der Waals surface area (Å²) in [6.07, 6.45) is 0. The minimum absolute atomic E-state index is 0.124. The van der Waals surface area contributed by atoms with E-state index in [0.29, 0.717) is 0 Å². The van der Waals surface area contributed by atoms with Gasteiger partial charge in [-0.2, -0.15) is 0 Å². The molecule has 4 heteroatoms. The fourth-order valence-electron chi connectivity index (χ4n) is 2.06. The maximum atomic E-state index is 11.8. The Morgan fingerprint density at radius 2 is 2.18 bits per heavy atom. The van der Waals surface area contributed by atoms with E-state index in [9.17, 15) is 4.79 Å². The highest BCUT2D eigenvalue weighted by Gasteiger charge is 2.26. The average Bonchev–Trinajstić information content (AvgIpc) is 2.71. The first-order chi connectivity index (χ1) is 8.09. The SMILES string of the molecule is CC(NC1CSc2ccccc21)C(=O)N(C)C. The maximum absolute atomic E-state index is 11.8. The molecular formula is C13H18N2OS. The molecule has 0 aromatic heterocycles. The second-order valence-corrected chi connectivity index (χ2v) is 5.58.